The van der Waals surface area contributed by atoms with Crippen LogP contribution in [0.1, 0.15) is 5.56 Å². The summed E-state index contributed by atoms with van der Waals surface area (Å²) in [4.78, 5) is 5.04. The number of thiophene rings is 1. The molecule has 0 saturated carbocycles. The minimum Gasteiger partial charge on any atom is -0.332 e. The van der Waals surface area contributed by atoms with Gasteiger partial charge in [-0.2, -0.15) is 4.98 Å². The summed E-state index contributed by atoms with van der Waals surface area (Å²) in [6.45, 7) is 2.02. The van der Waals surface area contributed by atoms with Crippen molar-refractivity contribution < 1.29 is 4.52 Å². The van der Waals surface area contributed by atoms with Crippen molar-refractivity contribution in [3.63, 3.8) is 0 Å². The molecule has 0 amide bonds. The van der Waals surface area contributed by atoms with Crippen molar-refractivity contribution in [2.24, 2.45) is 0 Å². The van der Waals surface area contributed by atoms with Gasteiger partial charge in [-0.3, -0.25) is 0 Å². The molecule has 0 radical (unpaired) electrons. The van der Waals surface area contributed by atoms with Crippen LogP contribution in [0.25, 0.3) is 10.8 Å². The molecule has 2 aromatic rings. The van der Waals surface area contributed by atoms with Crippen molar-refractivity contribution in [2.75, 3.05) is 0 Å². The Bertz CT molecular complexity index is 418. The van der Waals surface area contributed by atoms with Crippen molar-refractivity contribution >= 4 is 43.2 Å². The lowest BCUT2D eigenvalue weighted by Crippen LogP contribution is -1.69. The van der Waals surface area contributed by atoms with Crippen LogP contribution >= 0.6 is 43.2 Å². The van der Waals surface area contributed by atoms with Crippen LogP contribution in [0.5, 0.6) is 0 Å². The highest BCUT2D eigenvalue weighted by Gasteiger charge is 2.11. The third kappa shape index (κ3) is 1.84. The van der Waals surface area contributed by atoms with Gasteiger partial charge in [-0.15, -0.1) is 11.3 Å². The fourth-order valence-corrected chi connectivity index (χ4v) is 2.56. The van der Waals surface area contributed by atoms with Crippen LogP contribution in [0.4, 0.5) is 0 Å². The van der Waals surface area contributed by atoms with Gasteiger partial charge in [0.15, 0.2) is 0 Å². The Kier molecular flexibility index (Phi) is 2.53. The maximum Gasteiger partial charge on any atom is 0.268 e. The van der Waals surface area contributed by atoms with Crippen LogP contribution in [-0.4, -0.2) is 10.1 Å². The predicted molar refractivity (Wildman–Crippen MR) is 57.7 cm³/mol. The molecule has 0 aliphatic heterocycles. The lowest BCUT2D eigenvalue weighted by molar-refractivity contribution is 0.427. The van der Waals surface area contributed by atoms with Crippen LogP contribution < -0.4 is 0 Å². The number of aromatic nitrogens is 2. The number of hydrogen-bond donors (Lipinski definition) is 0. The lowest BCUT2D eigenvalue weighted by atomic mass is 10.3. The molecule has 68 valence electrons. The van der Waals surface area contributed by atoms with Gasteiger partial charge in [0.05, 0.1) is 8.66 Å². The highest BCUT2D eigenvalue weighted by molar-refractivity contribution is 9.11. The molecule has 0 aromatic carbocycles. The number of halogens is 2. The molecule has 6 heteroatoms. The first kappa shape index (κ1) is 9.36. The lowest BCUT2D eigenvalue weighted by Gasteiger charge is -1.81. The van der Waals surface area contributed by atoms with Crippen LogP contribution in [0.2, 0.25) is 0 Å². The first-order chi connectivity index (χ1) is 6.16. The van der Waals surface area contributed by atoms with Crippen molar-refractivity contribution in [2.45, 2.75) is 6.92 Å². The largest absolute Gasteiger partial charge is 0.332 e. The molecule has 0 bridgehead atoms. The summed E-state index contributed by atoms with van der Waals surface area (Å²) in [6, 6.07) is 2.01. The van der Waals surface area contributed by atoms with Crippen molar-refractivity contribution in [1.82, 2.24) is 10.1 Å². The summed E-state index contributed by atoms with van der Waals surface area (Å²) in [5.74, 6) is 0.547. The van der Waals surface area contributed by atoms with E-state index in [0.717, 1.165) is 8.66 Å². The summed E-state index contributed by atoms with van der Waals surface area (Å²) in [5.41, 5.74) is 1.18. The fraction of sp³-hybridized carbons (Fsp3) is 0.143. The number of nitrogens with zero attached hydrogens (tertiary/aromatic N) is 2. The van der Waals surface area contributed by atoms with Gasteiger partial charge >= 0.3 is 0 Å². The molecule has 2 aromatic heterocycles. The zero-order valence-electron chi connectivity index (χ0n) is 6.54. The number of rotatable bonds is 1. The van der Waals surface area contributed by atoms with Crippen molar-refractivity contribution in [3.05, 3.63) is 20.1 Å². The Hall–Kier alpha value is -0.200. The summed E-state index contributed by atoms with van der Waals surface area (Å²) in [5, 5.41) is 3.65. The third-order valence-electron chi connectivity index (χ3n) is 1.47. The van der Waals surface area contributed by atoms with Gasteiger partial charge in [-0.05, 0) is 55.6 Å². The van der Waals surface area contributed by atoms with E-state index in [4.69, 9.17) is 4.52 Å². The summed E-state index contributed by atoms with van der Waals surface area (Å²) in [7, 11) is 0. The minimum absolute atomic E-state index is 0.477. The molecular formula is C7H4Br2N2OS. The Morgan fingerprint density at radius 2 is 2.23 bits per heavy atom. The summed E-state index contributed by atoms with van der Waals surface area (Å²) >= 11 is 8.15. The van der Waals surface area contributed by atoms with E-state index in [0.29, 0.717) is 10.6 Å². The molecular weight excluding hydrogens is 320 g/mol. The van der Waals surface area contributed by atoms with Crippen LogP contribution in [0, 0.1) is 6.92 Å². The monoisotopic (exact) mass is 322 g/mol. The second-order valence-corrected chi connectivity index (χ2v) is 5.52. The van der Waals surface area contributed by atoms with Crippen molar-refractivity contribution in [1.29, 1.82) is 0 Å². The summed E-state index contributed by atoms with van der Waals surface area (Å²) < 4.78 is 6.57. The first-order valence-corrected chi connectivity index (χ1v) is 5.82. The minimum atomic E-state index is 0.477. The van der Waals surface area contributed by atoms with E-state index >= 15 is 0 Å². The second-order valence-electron chi connectivity index (χ2n) is 2.44. The van der Waals surface area contributed by atoms with Gasteiger partial charge in [0.25, 0.3) is 5.89 Å². The molecule has 2 rings (SSSR count). The smallest absolute Gasteiger partial charge is 0.268 e. The van der Waals surface area contributed by atoms with Gasteiger partial charge in [-0.25, -0.2) is 0 Å². The average molecular weight is 324 g/mol. The van der Waals surface area contributed by atoms with Crippen LogP contribution in [0.15, 0.2) is 19.1 Å². The normalized spacial score (nSPS) is 10.7. The molecule has 0 saturated heterocycles. The maximum atomic E-state index is 5.00. The zero-order chi connectivity index (χ0) is 9.42. The van der Waals surface area contributed by atoms with E-state index in [9.17, 15) is 0 Å². The molecule has 2 heterocycles. The first-order valence-electron chi connectivity index (χ1n) is 3.42. The van der Waals surface area contributed by atoms with Gasteiger partial charge in [0.2, 0.25) is 4.73 Å². The van der Waals surface area contributed by atoms with E-state index < -0.39 is 0 Å². The van der Waals surface area contributed by atoms with E-state index in [1.165, 1.54) is 5.56 Å². The standard InChI is InChI=1S/C7H4Br2N2OS/c1-3-2-4(13-5(3)8)6-10-7(9)11-12-6/h2H,1H3. The topological polar surface area (TPSA) is 38.9 Å². The van der Waals surface area contributed by atoms with E-state index in [1.807, 2.05) is 13.0 Å². The van der Waals surface area contributed by atoms with Crippen LogP contribution in [-0.2, 0) is 0 Å². The van der Waals surface area contributed by atoms with Crippen molar-refractivity contribution in [3.8, 4) is 10.8 Å². The van der Waals surface area contributed by atoms with Crippen LogP contribution in [0.3, 0.4) is 0 Å². The molecule has 0 aliphatic carbocycles. The van der Waals surface area contributed by atoms with Gasteiger partial charge < -0.3 is 4.52 Å². The quantitative estimate of drug-likeness (QED) is 0.804. The molecule has 0 N–H and O–H groups in total. The highest BCUT2D eigenvalue weighted by atomic mass is 79.9. The molecule has 0 atom stereocenters. The maximum absolute atomic E-state index is 5.00. The second kappa shape index (κ2) is 3.51. The SMILES string of the molecule is Cc1cc(-c2nc(Br)no2)sc1Br. The predicted octanol–water partition coefficient (Wildman–Crippen LogP) is 3.63. The molecule has 13 heavy (non-hydrogen) atoms. The number of hydrogen-bond acceptors (Lipinski definition) is 4. The zero-order valence-corrected chi connectivity index (χ0v) is 10.5. The Morgan fingerprint density at radius 1 is 1.46 bits per heavy atom. The van der Waals surface area contributed by atoms with E-state index in [-0.39, 0.29) is 0 Å². The third-order valence-corrected chi connectivity index (χ3v) is 3.92. The molecule has 3 nitrogen and oxygen atoms in total. The Morgan fingerprint density at radius 3 is 2.69 bits per heavy atom. The molecule has 0 spiro atoms. The average Bonchev–Trinajstić information content (AvgIpc) is 2.61. The number of aryl methyl sites for hydroxylation is 1. The highest BCUT2D eigenvalue weighted by Crippen LogP contribution is 2.33. The summed E-state index contributed by atoms with van der Waals surface area (Å²) in [6.07, 6.45) is 0. The van der Waals surface area contributed by atoms with Gasteiger partial charge in [0.1, 0.15) is 0 Å². The Labute approximate surface area is 95.4 Å². The van der Waals surface area contributed by atoms with Gasteiger partial charge in [-0.1, -0.05) is 0 Å². The Balaban J connectivity index is 2.46. The molecule has 0 fully saturated rings. The van der Waals surface area contributed by atoms with E-state index in [1.54, 1.807) is 11.3 Å². The van der Waals surface area contributed by atoms with E-state index in [2.05, 4.69) is 42.0 Å². The fourth-order valence-electron chi connectivity index (χ4n) is 0.871. The van der Waals surface area contributed by atoms with Gasteiger partial charge in [0, 0.05) is 0 Å². The molecule has 0 aliphatic rings. The molecule has 0 unspecified atom stereocenters.